The zero-order valence-corrected chi connectivity index (χ0v) is 38.0. The first-order valence-electron chi connectivity index (χ1n) is 23.7. The summed E-state index contributed by atoms with van der Waals surface area (Å²) in [6, 6.07) is 0. The van der Waals surface area contributed by atoms with E-state index in [4.69, 9.17) is 28.4 Å². The highest BCUT2D eigenvalue weighted by Crippen LogP contribution is 2.26. The molecule has 15 nitrogen and oxygen atoms in total. The Morgan fingerprint density at radius 1 is 0.524 bits per heavy atom. The first-order chi connectivity index (χ1) is 30.5. The van der Waals surface area contributed by atoms with Crippen molar-refractivity contribution in [2.24, 2.45) is 0 Å². The molecule has 2 rings (SSSR count). The Morgan fingerprint density at radius 3 is 1.57 bits per heavy atom. The smallest absolute Gasteiger partial charge is 0.306 e. The summed E-state index contributed by atoms with van der Waals surface area (Å²) in [5.41, 5.74) is 0. The molecular weight excluding hydrogens is 817 g/mol. The van der Waals surface area contributed by atoms with Crippen molar-refractivity contribution in [3.05, 3.63) is 48.6 Å². The van der Waals surface area contributed by atoms with Gasteiger partial charge in [0.25, 0.3) is 0 Å². The monoisotopic (exact) mass is 899 g/mol. The number of aliphatic hydroxyl groups excluding tert-OH is 7. The van der Waals surface area contributed by atoms with Gasteiger partial charge in [0.2, 0.25) is 0 Å². The number of aliphatic hydroxyl groups is 7. The highest BCUT2D eigenvalue weighted by Gasteiger charge is 2.47. The molecule has 15 heteroatoms. The van der Waals surface area contributed by atoms with E-state index in [1.807, 2.05) is 0 Å². The van der Waals surface area contributed by atoms with E-state index in [0.717, 1.165) is 57.8 Å². The van der Waals surface area contributed by atoms with Crippen LogP contribution >= 0.6 is 0 Å². The third-order valence-corrected chi connectivity index (χ3v) is 11.1. The van der Waals surface area contributed by atoms with Crippen LogP contribution in [0.4, 0.5) is 0 Å². The minimum absolute atomic E-state index is 0.113. The van der Waals surface area contributed by atoms with Gasteiger partial charge in [0.1, 0.15) is 55.4 Å². The van der Waals surface area contributed by atoms with E-state index in [-0.39, 0.29) is 19.4 Å². The molecule has 0 aliphatic carbocycles. The molecule has 2 aliphatic heterocycles. The molecule has 11 atom stereocenters. The first kappa shape index (κ1) is 56.6. The number of allylic oxidation sites excluding steroid dienone is 8. The molecule has 2 fully saturated rings. The van der Waals surface area contributed by atoms with Crippen molar-refractivity contribution in [3.8, 4) is 0 Å². The molecule has 11 unspecified atom stereocenters. The van der Waals surface area contributed by atoms with Gasteiger partial charge in [-0.15, -0.1) is 0 Å². The van der Waals surface area contributed by atoms with Crippen LogP contribution in [0, 0.1) is 0 Å². The first-order valence-corrected chi connectivity index (χ1v) is 23.7. The van der Waals surface area contributed by atoms with Crippen LogP contribution in [0.5, 0.6) is 0 Å². The van der Waals surface area contributed by atoms with Gasteiger partial charge in [0, 0.05) is 12.8 Å². The van der Waals surface area contributed by atoms with E-state index in [0.29, 0.717) is 12.8 Å². The second-order valence-electron chi connectivity index (χ2n) is 16.6. The van der Waals surface area contributed by atoms with Crippen molar-refractivity contribution in [2.45, 2.75) is 216 Å². The van der Waals surface area contributed by atoms with Gasteiger partial charge < -0.3 is 64.2 Å². The van der Waals surface area contributed by atoms with Crippen LogP contribution in [0.3, 0.4) is 0 Å². The van der Waals surface area contributed by atoms with Crippen molar-refractivity contribution in [3.63, 3.8) is 0 Å². The molecule has 2 aliphatic rings. The molecule has 7 N–H and O–H groups in total. The van der Waals surface area contributed by atoms with E-state index in [1.165, 1.54) is 51.4 Å². The van der Waals surface area contributed by atoms with Crippen LogP contribution in [0.1, 0.15) is 149 Å². The number of carbonyl (C=O) groups is 2. The highest BCUT2D eigenvalue weighted by atomic mass is 16.7. The standard InChI is InChI=1S/C48H82O15/c1-3-5-7-9-11-13-15-17-18-19-21-23-25-27-29-31-40(51)61-36(33-58-39(50)30-28-26-24-22-20-16-14-12-10-8-6-4-2)34-59-47-46(57)44(55)42(53)38(63-47)35-60-48-45(56)43(54)41(52)37(32-49)62-48/h5,7,11,13,17-18,21,23,36-38,41-49,52-57H,3-4,6,8-10,12,14-16,19-20,22,24-35H2,1-2H3/b7-5-,13-11-,18-17-,23-21-. The van der Waals surface area contributed by atoms with E-state index >= 15 is 0 Å². The summed E-state index contributed by atoms with van der Waals surface area (Å²) >= 11 is 0. The molecule has 2 heterocycles. The van der Waals surface area contributed by atoms with Gasteiger partial charge >= 0.3 is 11.9 Å². The predicted octanol–water partition coefficient (Wildman–Crippen LogP) is 5.54. The van der Waals surface area contributed by atoms with Crippen molar-refractivity contribution < 1.29 is 73.8 Å². The van der Waals surface area contributed by atoms with E-state index in [9.17, 15) is 45.3 Å². The molecule has 0 radical (unpaired) electrons. The second-order valence-corrected chi connectivity index (χ2v) is 16.6. The van der Waals surface area contributed by atoms with Gasteiger partial charge in [-0.3, -0.25) is 9.59 Å². The van der Waals surface area contributed by atoms with Crippen molar-refractivity contribution >= 4 is 11.9 Å². The van der Waals surface area contributed by atoms with E-state index in [2.05, 4.69) is 62.5 Å². The predicted molar refractivity (Wildman–Crippen MR) is 238 cm³/mol. The van der Waals surface area contributed by atoms with E-state index in [1.54, 1.807) is 0 Å². The Morgan fingerprint density at radius 2 is 1.00 bits per heavy atom. The molecule has 0 aromatic heterocycles. The normalized spacial score (nSPS) is 27.3. The molecule has 0 saturated carbocycles. The minimum atomic E-state index is -1.77. The van der Waals surface area contributed by atoms with Gasteiger partial charge in [0.15, 0.2) is 18.7 Å². The van der Waals surface area contributed by atoms with Crippen molar-refractivity contribution in [2.75, 3.05) is 26.4 Å². The lowest BCUT2D eigenvalue weighted by molar-refractivity contribution is -0.332. The maximum Gasteiger partial charge on any atom is 0.306 e. The lowest BCUT2D eigenvalue weighted by Crippen LogP contribution is -2.61. The molecular formula is C48H82O15. The second kappa shape index (κ2) is 35.7. The number of rotatable bonds is 35. The Bertz CT molecular complexity index is 1290. The fraction of sp³-hybridized carbons (Fsp3) is 0.792. The summed E-state index contributed by atoms with van der Waals surface area (Å²) < 4.78 is 33.4. The minimum Gasteiger partial charge on any atom is -0.462 e. The van der Waals surface area contributed by atoms with Crippen LogP contribution in [-0.2, 0) is 38.0 Å². The molecule has 0 aromatic rings. The lowest BCUT2D eigenvalue weighted by atomic mass is 9.98. The molecule has 364 valence electrons. The summed E-state index contributed by atoms with van der Waals surface area (Å²) in [7, 11) is 0. The Hall–Kier alpha value is -2.54. The molecule has 63 heavy (non-hydrogen) atoms. The van der Waals surface area contributed by atoms with Gasteiger partial charge in [-0.25, -0.2) is 0 Å². The Balaban J connectivity index is 1.87. The van der Waals surface area contributed by atoms with Crippen molar-refractivity contribution in [1.82, 2.24) is 0 Å². The van der Waals surface area contributed by atoms with Gasteiger partial charge in [0.05, 0.1) is 19.8 Å². The van der Waals surface area contributed by atoms with E-state index < -0.39 is 99.3 Å². The van der Waals surface area contributed by atoms with Crippen LogP contribution in [0.2, 0.25) is 0 Å². The van der Waals surface area contributed by atoms with Crippen molar-refractivity contribution in [1.29, 1.82) is 0 Å². The largest absolute Gasteiger partial charge is 0.462 e. The Labute approximate surface area is 376 Å². The third kappa shape index (κ3) is 24.5. The maximum absolute atomic E-state index is 12.9. The van der Waals surface area contributed by atoms with Crippen LogP contribution < -0.4 is 0 Å². The summed E-state index contributed by atoms with van der Waals surface area (Å²) in [6.45, 7) is 2.40. The molecule has 2 saturated heterocycles. The third-order valence-electron chi connectivity index (χ3n) is 11.1. The van der Waals surface area contributed by atoms with Crippen LogP contribution in [-0.4, -0.2) is 142 Å². The molecule has 0 bridgehead atoms. The number of hydrogen-bond donors (Lipinski definition) is 7. The van der Waals surface area contributed by atoms with Gasteiger partial charge in [-0.1, -0.05) is 133 Å². The number of ether oxygens (including phenoxy) is 6. The average molecular weight is 899 g/mol. The SMILES string of the molecule is CC/C=C\C/C=C\C/C=C\C/C=C\CCCCC(=O)OC(COC(=O)CCCCCCCCCCCCCC)COC1OC(COC2OC(CO)C(O)C(O)C2O)C(O)C(O)C1O. The topological polar surface area (TPSA) is 231 Å². The van der Waals surface area contributed by atoms with Crippen LogP contribution in [0.15, 0.2) is 48.6 Å². The van der Waals surface area contributed by atoms with Gasteiger partial charge in [-0.05, 0) is 51.4 Å². The molecule has 0 aromatic carbocycles. The summed E-state index contributed by atoms with van der Waals surface area (Å²) in [4.78, 5) is 25.6. The number of esters is 2. The average Bonchev–Trinajstić information content (AvgIpc) is 3.28. The lowest BCUT2D eigenvalue weighted by Gasteiger charge is -2.42. The fourth-order valence-corrected chi connectivity index (χ4v) is 7.15. The highest BCUT2D eigenvalue weighted by molar-refractivity contribution is 5.70. The maximum atomic E-state index is 12.9. The number of carbonyl (C=O) groups excluding carboxylic acids is 2. The molecule has 0 amide bonds. The Kier molecular flexibility index (Phi) is 32.1. The molecule has 0 spiro atoms. The number of unbranched alkanes of at least 4 members (excludes halogenated alkanes) is 13. The quantitative estimate of drug-likeness (QED) is 0.0235. The number of hydrogen-bond acceptors (Lipinski definition) is 15. The van der Waals surface area contributed by atoms with Gasteiger partial charge in [-0.2, -0.15) is 0 Å². The summed E-state index contributed by atoms with van der Waals surface area (Å²) in [5.74, 6) is -0.976. The summed E-state index contributed by atoms with van der Waals surface area (Å²) in [5, 5.41) is 71.9. The summed E-state index contributed by atoms with van der Waals surface area (Å²) in [6.07, 6.45) is 20.1. The van der Waals surface area contributed by atoms with Crippen LogP contribution in [0.25, 0.3) is 0 Å². The zero-order valence-electron chi connectivity index (χ0n) is 38.0. The fourth-order valence-electron chi connectivity index (χ4n) is 7.15. The zero-order chi connectivity index (χ0) is 46.1.